The molecule has 4 aliphatic rings. The second-order valence-corrected chi connectivity index (χ2v) is 6.56. The first-order chi connectivity index (χ1) is 6.56. The fourth-order valence-electron chi connectivity index (χ4n) is 5.05. The lowest BCUT2D eigenvalue weighted by Crippen LogP contribution is -2.61. The Morgan fingerprint density at radius 3 is 2.71 bits per heavy atom. The SMILES string of the molecule is CC12CCC3C(CCCC3(C)C1O)C2. The van der Waals surface area contributed by atoms with Gasteiger partial charge in [-0.25, -0.2) is 0 Å². The first-order valence-corrected chi connectivity index (χ1v) is 6.24. The lowest BCUT2D eigenvalue weighted by atomic mass is 9.42. The van der Waals surface area contributed by atoms with Gasteiger partial charge in [0, 0.05) is 0 Å². The van der Waals surface area contributed by atoms with Crippen molar-refractivity contribution in [1.82, 2.24) is 0 Å². The molecule has 1 N–H and O–H groups in total. The standard InChI is InChI=1S/C13H22O/c1-12-7-5-10-9(8-12)4-3-6-13(10,2)11(12)14/h9-11,14H,3-8H2,1-2H3. The van der Waals surface area contributed by atoms with Crippen molar-refractivity contribution in [1.29, 1.82) is 0 Å². The van der Waals surface area contributed by atoms with Gasteiger partial charge in [0.1, 0.15) is 0 Å². The molecule has 5 atom stereocenters. The Kier molecular flexibility index (Phi) is 1.68. The van der Waals surface area contributed by atoms with E-state index in [4.69, 9.17) is 0 Å². The van der Waals surface area contributed by atoms with Crippen LogP contribution in [0.25, 0.3) is 0 Å². The summed E-state index contributed by atoms with van der Waals surface area (Å²) in [6, 6.07) is 0. The molecule has 4 fully saturated rings. The highest BCUT2D eigenvalue weighted by Crippen LogP contribution is 2.65. The van der Waals surface area contributed by atoms with E-state index in [2.05, 4.69) is 13.8 Å². The Morgan fingerprint density at radius 2 is 1.93 bits per heavy atom. The van der Waals surface area contributed by atoms with Gasteiger partial charge in [-0.1, -0.05) is 26.7 Å². The number of fused-ring (bicyclic) bond motifs is 1. The molecule has 0 spiro atoms. The smallest absolute Gasteiger partial charge is 0.0650 e. The second kappa shape index (κ2) is 2.55. The number of rotatable bonds is 0. The van der Waals surface area contributed by atoms with Crippen molar-refractivity contribution < 1.29 is 5.11 Å². The molecule has 0 aromatic rings. The van der Waals surface area contributed by atoms with Crippen molar-refractivity contribution in [2.45, 2.75) is 58.5 Å². The molecule has 0 saturated heterocycles. The van der Waals surface area contributed by atoms with E-state index in [9.17, 15) is 5.11 Å². The predicted molar refractivity (Wildman–Crippen MR) is 56.9 cm³/mol. The van der Waals surface area contributed by atoms with Crippen molar-refractivity contribution in [3.63, 3.8) is 0 Å². The predicted octanol–water partition coefficient (Wildman–Crippen LogP) is 2.97. The fourth-order valence-corrected chi connectivity index (χ4v) is 5.05. The molecular weight excluding hydrogens is 172 g/mol. The zero-order chi connectivity index (χ0) is 9.97. The van der Waals surface area contributed by atoms with E-state index in [1.807, 2.05) is 0 Å². The van der Waals surface area contributed by atoms with E-state index in [-0.39, 0.29) is 16.9 Å². The van der Waals surface area contributed by atoms with Crippen LogP contribution in [-0.4, -0.2) is 11.2 Å². The molecule has 4 rings (SSSR count). The third-order valence-corrected chi connectivity index (χ3v) is 5.75. The molecule has 0 heterocycles. The molecule has 5 unspecified atom stereocenters. The molecule has 4 bridgehead atoms. The van der Waals surface area contributed by atoms with Crippen LogP contribution in [-0.2, 0) is 0 Å². The Labute approximate surface area is 86.9 Å². The highest BCUT2D eigenvalue weighted by Gasteiger charge is 2.61. The van der Waals surface area contributed by atoms with Crippen LogP contribution in [0.2, 0.25) is 0 Å². The molecule has 4 saturated carbocycles. The van der Waals surface area contributed by atoms with E-state index >= 15 is 0 Å². The molecule has 0 amide bonds. The van der Waals surface area contributed by atoms with Crippen LogP contribution >= 0.6 is 0 Å². The van der Waals surface area contributed by atoms with E-state index < -0.39 is 0 Å². The summed E-state index contributed by atoms with van der Waals surface area (Å²) in [5.74, 6) is 1.78. The van der Waals surface area contributed by atoms with Crippen molar-refractivity contribution in [2.75, 3.05) is 0 Å². The van der Waals surface area contributed by atoms with Gasteiger partial charge in [0.25, 0.3) is 0 Å². The number of aliphatic hydroxyl groups excluding tert-OH is 1. The topological polar surface area (TPSA) is 20.2 Å². The van der Waals surface area contributed by atoms with Crippen LogP contribution in [0.15, 0.2) is 0 Å². The zero-order valence-corrected chi connectivity index (χ0v) is 9.42. The van der Waals surface area contributed by atoms with Crippen molar-refractivity contribution in [3.8, 4) is 0 Å². The third kappa shape index (κ3) is 0.900. The van der Waals surface area contributed by atoms with Gasteiger partial charge in [0.05, 0.1) is 6.10 Å². The first kappa shape index (κ1) is 9.21. The zero-order valence-electron chi connectivity index (χ0n) is 9.42. The van der Waals surface area contributed by atoms with Crippen LogP contribution < -0.4 is 0 Å². The maximum atomic E-state index is 10.5. The Bertz CT molecular complexity index is 258. The molecule has 14 heavy (non-hydrogen) atoms. The molecular formula is C13H22O. The number of aliphatic hydroxyl groups is 1. The quantitative estimate of drug-likeness (QED) is 0.628. The summed E-state index contributed by atoms with van der Waals surface area (Å²) in [6.07, 6.45) is 7.98. The van der Waals surface area contributed by atoms with Gasteiger partial charge in [-0.3, -0.25) is 0 Å². The van der Waals surface area contributed by atoms with Crippen LogP contribution in [0.5, 0.6) is 0 Å². The summed E-state index contributed by atoms with van der Waals surface area (Å²) in [6.45, 7) is 4.68. The van der Waals surface area contributed by atoms with Gasteiger partial charge in [0.15, 0.2) is 0 Å². The van der Waals surface area contributed by atoms with E-state index in [0.717, 1.165) is 11.8 Å². The molecule has 80 valence electrons. The largest absolute Gasteiger partial charge is 0.392 e. The Balaban J connectivity index is 2.04. The maximum absolute atomic E-state index is 10.5. The van der Waals surface area contributed by atoms with Gasteiger partial charge in [-0.15, -0.1) is 0 Å². The average molecular weight is 194 g/mol. The number of hydrogen-bond acceptors (Lipinski definition) is 1. The minimum atomic E-state index is -0.0229. The van der Waals surface area contributed by atoms with Crippen molar-refractivity contribution in [3.05, 3.63) is 0 Å². The molecule has 1 heteroatoms. The highest BCUT2D eigenvalue weighted by atomic mass is 16.3. The summed E-state index contributed by atoms with van der Waals surface area (Å²) in [5.41, 5.74) is 0.531. The lowest BCUT2D eigenvalue weighted by Gasteiger charge is -2.64. The minimum Gasteiger partial charge on any atom is -0.392 e. The average Bonchev–Trinajstić information content (AvgIpc) is 2.14. The second-order valence-electron chi connectivity index (χ2n) is 6.56. The van der Waals surface area contributed by atoms with Gasteiger partial charge in [0.2, 0.25) is 0 Å². The summed E-state index contributed by atoms with van der Waals surface area (Å²) < 4.78 is 0. The van der Waals surface area contributed by atoms with Crippen LogP contribution in [0, 0.1) is 22.7 Å². The molecule has 0 aromatic carbocycles. The highest BCUT2D eigenvalue weighted by molar-refractivity contribution is 5.10. The Morgan fingerprint density at radius 1 is 1.14 bits per heavy atom. The molecule has 0 aromatic heterocycles. The van der Waals surface area contributed by atoms with Crippen LogP contribution in [0.1, 0.15) is 52.4 Å². The summed E-state index contributed by atoms with van der Waals surface area (Å²) in [4.78, 5) is 0. The monoisotopic (exact) mass is 194 g/mol. The molecule has 4 aliphatic carbocycles. The van der Waals surface area contributed by atoms with E-state index in [1.54, 1.807) is 0 Å². The lowest BCUT2D eigenvalue weighted by molar-refractivity contribution is -0.206. The number of hydrogen-bond donors (Lipinski definition) is 1. The van der Waals surface area contributed by atoms with E-state index in [0.29, 0.717) is 0 Å². The molecule has 0 radical (unpaired) electrons. The first-order valence-electron chi connectivity index (χ1n) is 6.24. The van der Waals surface area contributed by atoms with E-state index in [1.165, 1.54) is 38.5 Å². The molecule has 1 nitrogen and oxygen atoms in total. The summed E-state index contributed by atoms with van der Waals surface area (Å²) in [7, 11) is 0. The van der Waals surface area contributed by atoms with Gasteiger partial charge in [-0.05, 0) is 48.3 Å². The van der Waals surface area contributed by atoms with Gasteiger partial charge >= 0.3 is 0 Å². The minimum absolute atomic E-state index is 0.0229. The summed E-state index contributed by atoms with van der Waals surface area (Å²) >= 11 is 0. The van der Waals surface area contributed by atoms with Crippen molar-refractivity contribution >= 4 is 0 Å². The Hall–Kier alpha value is -0.0400. The summed E-state index contributed by atoms with van der Waals surface area (Å²) in [5, 5.41) is 10.5. The normalized spacial score (nSPS) is 61.5. The van der Waals surface area contributed by atoms with Gasteiger partial charge in [-0.2, -0.15) is 0 Å². The van der Waals surface area contributed by atoms with Crippen LogP contribution in [0.3, 0.4) is 0 Å². The fraction of sp³-hybridized carbons (Fsp3) is 1.00. The third-order valence-electron chi connectivity index (χ3n) is 5.75. The van der Waals surface area contributed by atoms with Crippen molar-refractivity contribution in [2.24, 2.45) is 22.7 Å². The van der Waals surface area contributed by atoms with Crippen LogP contribution in [0.4, 0.5) is 0 Å². The molecule has 0 aliphatic heterocycles. The maximum Gasteiger partial charge on any atom is 0.0650 e. The van der Waals surface area contributed by atoms with Gasteiger partial charge < -0.3 is 5.11 Å².